The zero-order valence-corrected chi connectivity index (χ0v) is 13.5. The van der Waals surface area contributed by atoms with E-state index < -0.39 is 0 Å². The number of amides is 1. The van der Waals surface area contributed by atoms with Crippen molar-refractivity contribution < 1.29 is 4.79 Å². The fourth-order valence-electron chi connectivity index (χ4n) is 3.32. The number of thiazole rings is 1. The van der Waals surface area contributed by atoms with E-state index in [1.54, 1.807) is 5.51 Å². The minimum atomic E-state index is 0.0600. The highest BCUT2D eigenvalue weighted by molar-refractivity contribution is 7.07. The average Bonchev–Trinajstić information content (AvgIpc) is 3.27. The third-order valence-electron chi connectivity index (χ3n) is 4.48. The molecule has 0 saturated carbocycles. The molecule has 23 heavy (non-hydrogen) atoms. The number of fused-ring (bicyclic) bond motifs is 1. The molecule has 3 aromatic rings. The quantitative estimate of drug-likeness (QED) is 0.742. The van der Waals surface area contributed by atoms with E-state index in [9.17, 15) is 4.79 Å². The predicted octanol–water partition coefficient (Wildman–Crippen LogP) is 3.40. The van der Waals surface area contributed by atoms with Crippen molar-refractivity contribution in [1.82, 2.24) is 14.9 Å². The largest absolute Gasteiger partial charge is 0.337 e. The SMILES string of the molecule is O=C(c1cscn1)N1CC[C@H](Cc2cncc3ccccc23)C1. The Balaban J connectivity index is 1.49. The third kappa shape index (κ3) is 2.84. The molecule has 0 unspecified atom stereocenters. The standard InChI is InChI=1S/C18H17N3OS/c22-18(17-11-23-12-20-17)21-6-5-13(10-21)7-15-9-19-8-14-3-1-2-4-16(14)15/h1-4,8-9,11-13H,5-7,10H2/t13-/m1/s1. The number of aromatic nitrogens is 2. The van der Waals surface area contributed by atoms with E-state index >= 15 is 0 Å². The summed E-state index contributed by atoms with van der Waals surface area (Å²) in [5, 5.41) is 4.27. The van der Waals surface area contributed by atoms with E-state index in [1.807, 2.05) is 28.7 Å². The van der Waals surface area contributed by atoms with E-state index in [2.05, 4.69) is 28.2 Å². The fraction of sp³-hybridized carbons (Fsp3) is 0.278. The molecule has 0 N–H and O–H groups in total. The molecule has 0 radical (unpaired) electrons. The van der Waals surface area contributed by atoms with E-state index in [0.29, 0.717) is 11.6 Å². The highest BCUT2D eigenvalue weighted by atomic mass is 32.1. The van der Waals surface area contributed by atoms with Gasteiger partial charge >= 0.3 is 0 Å². The van der Waals surface area contributed by atoms with Crippen LogP contribution in [0.2, 0.25) is 0 Å². The minimum Gasteiger partial charge on any atom is -0.337 e. The molecule has 1 atom stereocenters. The van der Waals surface area contributed by atoms with Crippen molar-refractivity contribution in [3.63, 3.8) is 0 Å². The van der Waals surface area contributed by atoms with Gasteiger partial charge in [0.15, 0.2) is 0 Å². The van der Waals surface area contributed by atoms with Gasteiger partial charge in [-0.15, -0.1) is 11.3 Å². The average molecular weight is 323 g/mol. The Morgan fingerprint density at radius 1 is 1.30 bits per heavy atom. The first-order chi connectivity index (χ1) is 11.3. The molecule has 1 saturated heterocycles. The summed E-state index contributed by atoms with van der Waals surface area (Å²) in [6.07, 6.45) is 5.88. The van der Waals surface area contributed by atoms with Gasteiger partial charge in [-0.3, -0.25) is 9.78 Å². The summed E-state index contributed by atoms with van der Waals surface area (Å²) < 4.78 is 0. The van der Waals surface area contributed by atoms with Gasteiger partial charge in [-0.2, -0.15) is 0 Å². The highest BCUT2D eigenvalue weighted by Crippen LogP contribution is 2.26. The summed E-state index contributed by atoms with van der Waals surface area (Å²) >= 11 is 1.46. The van der Waals surface area contributed by atoms with Crippen LogP contribution in [0.5, 0.6) is 0 Å². The van der Waals surface area contributed by atoms with Crippen LogP contribution in [0.3, 0.4) is 0 Å². The lowest BCUT2D eigenvalue weighted by Crippen LogP contribution is -2.29. The van der Waals surface area contributed by atoms with Gasteiger partial charge in [0.2, 0.25) is 0 Å². The number of hydrogen-bond acceptors (Lipinski definition) is 4. The first-order valence-electron chi connectivity index (χ1n) is 7.80. The molecule has 1 aromatic carbocycles. The summed E-state index contributed by atoms with van der Waals surface area (Å²) in [6, 6.07) is 8.36. The van der Waals surface area contributed by atoms with Crippen molar-refractivity contribution >= 4 is 28.0 Å². The predicted molar refractivity (Wildman–Crippen MR) is 91.6 cm³/mol. The van der Waals surface area contributed by atoms with Gasteiger partial charge in [0.05, 0.1) is 5.51 Å². The van der Waals surface area contributed by atoms with E-state index in [1.165, 1.54) is 27.7 Å². The summed E-state index contributed by atoms with van der Waals surface area (Å²) in [6.45, 7) is 1.62. The summed E-state index contributed by atoms with van der Waals surface area (Å²) in [5.41, 5.74) is 3.56. The van der Waals surface area contributed by atoms with Crippen molar-refractivity contribution in [2.45, 2.75) is 12.8 Å². The molecular formula is C18H17N3OS. The smallest absolute Gasteiger partial charge is 0.273 e. The Hall–Kier alpha value is -2.27. The first kappa shape index (κ1) is 14.3. The Kier molecular flexibility index (Phi) is 3.79. The molecule has 1 aliphatic rings. The molecule has 0 spiro atoms. The number of likely N-dealkylation sites (tertiary alicyclic amines) is 1. The Labute approximate surface area is 138 Å². The lowest BCUT2D eigenvalue weighted by Gasteiger charge is -2.15. The van der Waals surface area contributed by atoms with Crippen LogP contribution in [0.25, 0.3) is 10.8 Å². The fourth-order valence-corrected chi connectivity index (χ4v) is 3.84. The van der Waals surface area contributed by atoms with Crippen molar-refractivity contribution in [3.05, 3.63) is 58.8 Å². The molecule has 116 valence electrons. The normalized spacial score (nSPS) is 17.7. The van der Waals surface area contributed by atoms with Crippen LogP contribution in [0.15, 0.2) is 47.5 Å². The summed E-state index contributed by atoms with van der Waals surface area (Å²) in [5.74, 6) is 0.551. The first-order valence-corrected chi connectivity index (χ1v) is 8.74. The highest BCUT2D eigenvalue weighted by Gasteiger charge is 2.28. The number of rotatable bonds is 3. The van der Waals surface area contributed by atoms with Crippen LogP contribution in [-0.2, 0) is 6.42 Å². The maximum absolute atomic E-state index is 12.4. The van der Waals surface area contributed by atoms with Gasteiger partial charge in [-0.1, -0.05) is 24.3 Å². The Morgan fingerprint density at radius 3 is 3.09 bits per heavy atom. The molecule has 4 rings (SSSR count). The van der Waals surface area contributed by atoms with Crippen LogP contribution in [0.1, 0.15) is 22.5 Å². The van der Waals surface area contributed by atoms with Gasteiger partial charge in [-0.05, 0) is 29.7 Å². The van der Waals surface area contributed by atoms with Gasteiger partial charge in [0.25, 0.3) is 5.91 Å². The molecule has 0 bridgehead atoms. The molecule has 4 nitrogen and oxygen atoms in total. The summed E-state index contributed by atoms with van der Waals surface area (Å²) in [4.78, 5) is 22.8. The molecule has 0 aliphatic carbocycles. The number of nitrogens with zero attached hydrogens (tertiary/aromatic N) is 3. The monoisotopic (exact) mass is 323 g/mol. The lowest BCUT2D eigenvalue weighted by atomic mass is 9.96. The number of benzene rings is 1. The topological polar surface area (TPSA) is 46.1 Å². The van der Waals surface area contributed by atoms with Crippen LogP contribution in [-0.4, -0.2) is 33.9 Å². The maximum atomic E-state index is 12.4. The van der Waals surface area contributed by atoms with Gasteiger partial charge in [0.1, 0.15) is 5.69 Å². The van der Waals surface area contributed by atoms with E-state index in [0.717, 1.165) is 25.9 Å². The van der Waals surface area contributed by atoms with Gasteiger partial charge < -0.3 is 4.90 Å². The molecule has 1 fully saturated rings. The second-order valence-electron chi connectivity index (χ2n) is 6.00. The van der Waals surface area contributed by atoms with E-state index in [-0.39, 0.29) is 5.91 Å². The van der Waals surface area contributed by atoms with Crippen LogP contribution in [0, 0.1) is 5.92 Å². The number of hydrogen-bond donors (Lipinski definition) is 0. The zero-order chi connectivity index (χ0) is 15.6. The van der Waals surface area contributed by atoms with E-state index in [4.69, 9.17) is 0 Å². The van der Waals surface area contributed by atoms with Crippen LogP contribution >= 0.6 is 11.3 Å². The van der Waals surface area contributed by atoms with Crippen molar-refractivity contribution in [3.8, 4) is 0 Å². The molecule has 1 amide bonds. The Morgan fingerprint density at radius 2 is 2.22 bits per heavy atom. The maximum Gasteiger partial charge on any atom is 0.273 e. The van der Waals surface area contributed by atoms with Crippen LogP contribution < -0.4 is 0 Å². The zero-order valence-electron chi connectivity index (χ0n) is 12.7. The third-order valence-corrected chi connectivity index (χ3v) is 5.07. The molecule has 5 heteroatoms. The van der Waals surface area contributed by atoms with Crippen molar-refractivity contribution in [2.24, 2.45) is 5.92 Å². The van der Waals surface area contributed by atoms with Gasteiger partial charge in [0, 0.05) is 36.2 Å². The molecule has 3 heterocycles. The second kappa shape index (κ2) is 6.08. The number of pyridine rings is 1. The molecule has 1 aliphatic heterocycles. The van der Waals surface area contributed by atoms with Gasteiger partial charge in [-0.25, -0.2) is 4.98 Å². The Bertz CT molecular complexity index is 826. The number of carbonyl (C=O) groups is 1. The number of carbonyl (C=O) groups excluding carboxylic acids is 1. The molecule has 2 aromatic heterocycles. The summed E-state index contributed by atoms with van der Waals surface area (Å²) in [7, 11) is 0. The van der Waals surface area contributed by atoms with Crippen LogP contribution in [0.4, 0.5) is 0 Å². The van der Waals surface area contributed by atoms with Crippen molar-refractivity contribution in [2.75, 3.05) is 13.1 Å². The lowest BCUT2D eigenvalue weighted by molar-refractivity contribution is 0.0782. The minimum absolute atomic E-state index is 0.0600. The second-order valence-corrected chi connectivity index (χ2v) is 6.72. The molecular weight excluding hydrogens is 306 g/mol. The van der Waals surface area contributed by atoms with Crippen molar-refractivity contribution in [1.29, 1.82) is 0 Å².